The van der Waals surface area contributed by atoms with Crippen molar-refractivity contribution in [1.82, 2.24) is 25.2 Å². The van der Waals surface area contributed by atoms with E-state index in [9.17, 15) is 44.7 Å². The highest BCUT2D eigenvalue weighted by molar-refractivity contribution is 5.99. The van der Waals surface area contributed by atoms with E-state index < -0.39 is 72.9 Å². The maximum absolute atomic E-state index is 13.8. The minimum Gasteiger partial charge on any atom is -0.471 e. The molecule has 2 heterocycles. The molecule has 4 N–H and O–H groups in total. The van der Waals surface area contributed by atoms with E-state index >= 15 is 0 Å². The first-order valence-electron chi connectivity index (χ1n) is 13.6. The van der Waals surface area contributed by atoms with Crippen LogP contribution in [-0.2, 0) is 24.6 Å². The molecule has 0 bridgehead atoms. The van der Waals surface area contributed by atoms with Crippen molar-refractivity contribution in [3.05, 3.63) is 41.0 Å². The molecule has 0 aliphatic heterocycles. The fourth-order valence-electron chi connectivity index (χ4n) is 4.88. The minimum atomic E-state index is -4.81. The zero-order valence-electron chi connectivity index (χ0n) is 23.5. The number of pyridine rings is 1. The number of rotatable bonds is 10. The van der Waals surface area contributed by atoms with Crippen LogP contribution in [0.25, 0.3) is 11.2 Å². The Morgan fingerprint density at radius 2 is 1.76 bits per heavy atom. The number of aliphatic hydroxyl groups excluding tert-OH is 1. The molecule has 3 aromatic rings. The van der Waals surface area contributed by atoms with Crippen LogP contribution in [0.1, 0.15) is 47.2 Å². The summed E-state index contributed by atoms with van der Waals surface area (Å²) in [4.78, 5) is 32.9. The average Bonchev–Trinajstić information content (AvgIpc) is 3.27. The number of halogens is 8. The smallest absolute Gasteiger partial charge is 0.418 e. The van der Waals surface area contributed by atoms with Gasteiger partial charge in [0, 0.05) is 19.6 Å². The highest BCUT2D eigenvalue weighted by Gasteiger charge is 2.41. The number of aromatic nitrogens is 3. The van der Waals surface area contributed by atoms with E-state index in [1.54, 1.807) is 0 Å². The molecule has 0 atom stereocenters. The topological polar surface area (TPSA) is 130 Å². The van der Waals surface area contributed by atoms with Gasteiger partial charge in [0.15, 0.2) is 12.3 Å². The van der Waals surface area contributed by atoms with E-state index in [4.69, 9.17) is 9.84 Å². The SMILES string of the molecule is Cn1c(Nc2cc(CNC(=O)CO)ccc2C(F)(F)F)nc2cc(C(=O)NC3CCC(C(F)(F)F)CC3)c(OCC(F)F)nc21. The summed E-state index contributed by atoms with van der Waals surface area (Å²) in [6.07, 6.45) is -12.5. The summed E-state index contributed by atoms with van der Waals surface area (Å²) in [6.45, 7) is -2.16. The lowest BCUT2D eigenvalue weighted by Gasteiger charge is -2.30. The number of carbonyl (C=O) groups is 2. The molecule has 2 amide bonds. The molecule has 18 heteroatoms. The predicted molar refractivity (Wildman–Crippen MR) is 143 cm³/mol. The van der Waals surface area contributed by atoms with Gasteiger partial charge >= 0.3 is 12.4 Å². The number of fused-ring (bicyclic) bond motifs is 1. The Balaban J connectivity index is 1.65. The van der Waals surface area contributed by atoms with Crippen molar-refractivity contribution in [3.63, 3.8) is 0 Å². The molecule has 0 unspecified atom stereocenters. The van der Waals surface area contributed by atoms with Gasteiger partial charge in [-0.2, -0.15) is 31.3 Å². The van der Waals surface area contributed by atoms with Crippen LogP contribution < -0.4 is 20.7 Å². The van der Waals surface area contributed by atoms with Gasteiger partial charge in [-0.25, -0.2) is 13.8 Å². The number of alkyl halides is 8. The van der Waals surface area contributed by atoms with Gasteiger partial charge in [0.25, 0.3) is 12.3 Å². The molecular weight excluding hydrogens is 624 g/mol. The number of amides is 2. The van der Waals surface area contributed by atoms with Gasteiger partial charge < -0.3 is 25.8 Å². The lowest BCUT2D eigenvalue weighted by Crippen LogP contribution is -2.40. The van der Waals surface area contributed by atoms with Gasteiger partial charge in [-0.1, -0.05) is 6.07 Å². The number of anilines is 2. The van der Waals surface area contributed by atoms with E-state index in [2.05, 4.69) is 25.9 Å². The maximum Gasteiger partial charge on any atom is 0.418 e. The third-order valence-electron chi connectivity index (χ3n) is 7.19. The summed E-state index contributed by atoms with van der Waals surface area (Å²) in [7, 11) is 1.36. The molecule has 1 saturated carbocycles. The summed E-state index contributed by atoms with van der Waals surface area (Å²) in [5, 5.41) is 16.3. The van der Waals surface area contributed by atoms with Gasteiger partial charge in [0.2, 0.25) is 17.7 Å². The number of hydrogen-bond acceptors (Lipinski definition) is 7. The van der Waals surface area contributed by atoms with E-state index in [1.165, 1.54) is 11.6 Å². The molecular formula is C27H28F8N6O4. The number of carbonyl (C=O) groups excluding carboxylic acids is 2. The van der Waals surface area contributed by atoms with Crippen LogP contribution in [0.3, 0.4) is 0 Å². The van der Waals surface area contributed by atoms with Crippen LogP contribution in [0, 0.1) is 5.92 Å². The van der Waals surface area contributed by atoms with Crippen LogP contribution >= 0.6 is 0 Å². The Morgan fingerprint density at radius 3 is 2.36 bits per heavy atom. The average molecular weight is 653 g/mol. The number of ether oxygens (including phenoxy) is 1. The minimum absolute atomic E-state index is 0.0285. The summed E-state index contributed by atoms with van der Waals surface area (Å²) in [6, 6.07) is 3.53. The predicted octanol–water partition coefficient (Wildman–Crippen LogP) is 4.83. The molecule has 1 aromatic carbocycles. The van der Waals surface area contributed by atoms with Gasteiger partial charge in [-0.05, 0) is 49.4 Å². The molecule has 2 aromatic heterocycles. The Hall–Kier alpha value is -4.22. The third-order valence-corrected chi connectivity index (χ3v) is 7.19. The summed E-state index contributed by atoms with van der Waals surface area (Å²) >= 11 is 0. The molecule has 1 fully saturated rings. The Morgan fingerprint density at radius 1 is 1.07 bits per heavy atom. The second kappa shape index (κ2) is 13.4. The molecule has 1 aliphatic rings. The van der Waals surface area contributed by atoms with Gasteiger partial charge in [-0.15, -0.1) is 0 Å². The highest BCUT2D eigenvalue weighted by Crippen LogP contribution is 2.39. The normalized spacial score (nSPS) is 17.4. The number of aryl methyl sites for hydroxylation is 1. The zero-order valence-corrected chi connectivity index (χ0v) is 23.5. The Kier molecular flexibility index (Phi) is 10.0. The van der Waals surface area contributed by atoms with E-state index in [-0.39, 0.29) is 60.5 Å². The molecule has 0 spiro atoms. The summed E-state index contributed by atoms with van der Waals surface area (Å²) < 4.78 is 113. The monoisotopic (exact) mass is 652 g/mol. The first kappa shape index (κ1) is 33.7. The number of imidazole rings is 1. The van der Waals surface area contributed by atoms with Gasteiger partial charge in [-0.3, -0.25) is 14.2 Å². The van der Waals surface area contributed by atoms with Crippen LogP contribution in [0.15, 0.2) is 24.3 Å². The van der Waals surface area contributed by atoms with Gasteiger partial charge in [0.05, 0.1) is 17.2 Å². The molecule has 4 rings (SSSR count). The molecule has 246 valence electrons. The van der Waals surface area contributed by atoms with E-state index in [0.717, 1.165) is 24.3 Å². The molecule has 45 heavy (non-hydrogen) atoms. The second-order valence-electron chi connectivity index (χ2n) is 10.4. The summed E-state index contributed by atoms with van der Waals surface area (Å²) in [5.41, 5.74) is -1.73. The molecule has 0 saturated heterocycles. The van der Waals surface area contributed by atoms with Crippen molar-refractivity contribution in [2.75, 3.05) is 18.5 Å². The van der Waals surface area contributed by atoms with Gasteiger partial charge in [0.1, 0.15) is 17.7 Å². The van der Waals surface area contributed by atoms with Crippen LogP contribution in [0.2, 0.25) is 0 Å². The van der Waals surface area contributed by atoms with Crippen molar-refractivity contribution in [2.24, 2.45) is 13.0 Å². The van der Waals surface area contributed by atoms with Crippen molar-refractivity contribution in [2.45, 2.75) is 57.0 Å². The first-order valence-corrected chi connectivity index (χ1v) is 13.6. The second-order valence-corrected chi connectivity index (χ2v) is 10.4. The van der Waals surface area contributed by atoms with Crippen LogP contribution in [0.4, 0.5) is 46.8 Å². The number of aliphatic hydroxyl groups is 1. The number of benzene rings is 1. The Labute approximate surface area is 250 Å². The largest absolute Gasteiger partial charge is 0.471 e. The van der Waals surface area contributed by atoms with Crippen LogP contribution in [-0.4, -0.2) is 63.3 Å². The fourth-order valence-corrected chi connectivity index (χ4v) is 4.88. The Bertz CT molecular complexity index is 1530. The van der Waals surface area contributed by atoms with E-state index in [1.807, 2.05) is 0 Å². The third kappa shape index (κ3) is 8.29. The lowest BCUT2D eigenvalue weighted by atomic mass is 9.85. The molecule has 1 aliphatic carbocycles. The molecule has 0 radical (unpaired) electrons. The highest BCUT2D eigenvalue weighted by atomic mass is 19.4. The standard InChI is InChI=1S/C27H28F8N6O4/c1-41-22-19(39-25(41)38-18-8-13(10-36-21(43)11-42)2-7-17(18)27(33,34)35)9-16(24(40-22)45-12-20(28)29)23(44)37-15-5-3-14(4-6-15)26(30,31)32/h2,7-9,14-15,20,42H,3-6,10-12H2,1H3,(H,36,43)(H,37,44)(H,38,39). The van der Waals surface area contributed by atoms with Crippen LogP contribution in [0.5, 0.6) is 5.88 Å². The number of nitrogens with zero attached hydrogens (tertiary/aromatic N) is 3. The van der Waals surface area contributed by atoms with E-state index in [0.29, 0.717) is 0 Å². The summed E-state index contributed by atoms with van der Waals surface area (Å²) in [5.74, 6) is -3.82. The zero-order chi connectivity index (χ0) is 33.1. The first-order chi connectivity index (χ1) is 21.1. The van der Waals surface area contributed by atoms with Crippen molar-refractivity contribution >= 4 is 34.6 Å². The number of nitrogens with one attached hydrogen (secondary N) is 3. The maximum atomic E-state index is 13.8. The number of hydrogen-bond donors (Lipinski definition) is 4. The fraction of sp³-hybridized carbons (Fsp3) is 0.481. The molecule has 10 nitrogen and oxygen atoms in total. The lowest BCUT2D eigenvalue weighted by molar-refractivity contribution is -0.182. The van der Waals surface area contributed by atoms with Crippen molar-refractivity contribution in [3.8, 4) is 5.88 Å². The van der Waals surface area contributed by atoms with Crippen molar-refractivity contribution < 1.29 is 54.6 Å². The quantitative estimate of drug-likeness (QED) is 0.231. The van der Waals surface area contributed by atoms with Crippen molar-refractivity contribution in [1.29, 1.82) is 0 Å².